The Morgan fingerprint density at radius 1 is 0.790 bits per heavy atom. The average Bonchev–Trinajstić information content (AvgIpc) is 4.31. The Balaban J connectivity index is 0.632. The smallest absolute Gasteiger partial charge is 0.255 e. The number of nitrogens with zero attached hydrogens (tertiary/aromatic N) is 7. The number of ether oxygens (including phenoxy) is 3. The van der Waals surface area contributed by atoms with E-state index in [9.17, 15) is 29.1 Å². The Hall–Kier alpha value is -6.98. The van der Waals surface area contributed by atoms with E-state index in [-0.39, 0.29) is 62.3 Å². The Morgan fingerprint density at radius 2 is 1.49 bits per heavy atom. The Morgan fingerprint density at radius 3 is 2.16 bits per heavy atom. The fourth-order valence-electron chi connectivity index (χ4n) is 10.4. The van der Waals surface area contributed by atoms with Crippen LogP contribution in [0.4, 0.5) is 10.9 Å². The van der Waals surface area contributed by atoms with Crippen molar-refractivity contribution in [3.63, 3.8) is 0 Å². The summed E-state index contributed by atoms with van der Waals surface area (Å²) in [6.45, 7) is 16.1. The van der Waals surface area contributed by atoms with Gasteiger partial charge in [-0.1, -0.05) is 87.5 Å². The summed E-state index contributed by atoms with van der Waals surface area (Å²) in [5.41, 5.74) is 7.99. The van der Waals surface area contributed by atoms with Crippen molar-refractivity contribution in [2.45, 2.75) is 84.3 Å². The van der Waals surface area contributed by atoms with Crippen LogP contribution in [0, 0.1) is 12.3 Å². The summed E-state index contributed by atoms with van der Waals surface area (Å²) in [5.74, 6) is -0.765. The van der Waals surface area contributed by atoms with Gasteiger partial charge in [-0.3, -0.25) is 34.2 Å². The van der Waals surface area contributed by atoms with Gasteiger partial charge in [0.1, 0.15) is 23.9 Å². The minimum Gasteiger partial charge on any atom is -0.391 e. The monoisotopic (exact) mass is 1140 g/mol. The molecule has 0 saturated carbocycles. The number of carbonyl (C=O) groups is 5. The summed E-state index contributed by atoms with van der Waals surface area (Å²) >= 11 is 2.90. The molecule has 6 heterocycles. The van der Waals surface area contributed by atoms with Crippen LogP contribution in [0.3, 0.4) is 0 Å². The maximum absolute atomic E-state index is 14.1. The molecule has 428 valence electrons. The molecule has 5 amide bonds. The second kappa shape index (κ2) is 27.2. The van der Waals surface area contributed by atoms with Gasteiger partial charge in [-0.15, -0.1) is 22.7 Å². The number of anilines is 2. The molecule has 3 aromatic heterocycles. The molecular formula is C60H72N10O9S2. The van der Waals surface area contributed by atoms with E-state index in [1.165, 1.54) is 16.2 Å². The Labute approximate surface area is 481 Å². The standard InChI is InChI=1S/C60H72N10O9S2/c1-39(41-11-13-43(14-12-41)53-40(2)63-38-81-53)64-55(73)49-34-47(71)37-69(49)58(76)54(60(3,4)5)65-51(72)19-26-77-28-30-79-31-29-78-27-25-67-21-23-68(24-22-67)50-18-17-45(35-62-50)44-15-16-46-36-70(57(75)48(46)33-44)52(42-9-7-6-8-10-42)56(74)66-59-61-20-32-80-59/h6-18,20,32-33,35,38-39,47,49,52,54,71H,19,21-31,34,36-37H2,1-5H3,(H,64,73)(H,65,72)(H,61,66,74)/t39?,47-,49+,52?,54?/m1/s1. The van der Waals surface area contributed by atoms with Gasteiger partial charge in [0.25, 0.3) is 11.8 Å². The number of rotatable bonds is 24. The largest absolute Gasteiger partial charge is 0.391 e. The van der Waals surface area contributed by atoms with Gasteiger partial charge in [0.05, 0.1) is 67.9 Å². The van der Waals surface area contributed by atoms with Crippen LogP contribution < -0.4 is 20.9 Å². The average molecular weight is 1140 g/mol. The first-order chi connectivity index (χ1) is 39.1. The van der Waals surface area contributed by atoms with Gasteiger partial charge in [0.2, 0.25) is 17.7 Å². The lowest BCUT2D eigenvalue weighted by molar-refractivity contribution is -0.144. The van der Waals surface area contributed by atoms with Crippen LogP contribution in [0.25, 0.3) is 21.6 Å². The van der Waals surface area contributed by atoms with Crippen molar-refractivity contribution in [2.24, 2.45) is 5.41 Å². The van der Waals surface area contributed by atoms with Crippen molar-refractivity contribution in [1.82, 2.24) is 40.3 Å². The molecule has 2 saturated heterocycles. The van der Waals surface area contributed by atoms with Gasteiger partial charge in [-0.05, 0) is 65.3 Å². The second-order valence-electron chi connectivity index (χ2n) is 21.6. The first-order valence-corrected chi connectivity index (χ1v) is 29.3. The molecule has 3 aliphatic heterocycles. The number of thiazole rings is 2. The number of pyridine rings is 1. The zero-order valence-corrected chi connectivity index (χ0v) is 48.2. The van der Waals surface area contributed by atoms with E-state index in [0.29, 0.717) is 43.7 Å². The summed E-state index contributed by atoms with van der Waals surface area (Å²) in [4.78, 5) is 90.6. The topological polar surface area (TPSA) is 221 Å². The van der Waals surface area contributed by atoms with Crippen LogP contribution in [0.1, 0.15) is 85.4 Å². The maximum atomic E-state index is 14.1. The molecule has 21 heteroatoms. The molecule has 19 nitrogen and oxygen atoms in total. The first kappa shape index (κ1) is 58.7. The summed E-state index contributed by atoms with van der Waals surface area (Å²) in [6, 6.07) is 24.2. The number of aromatic nitrogens is 3. The van der Waals surface area contributed by atoms with E-state index < -0.39 is 35.6 Å². The Kier molecular flexibility index (Phi) is 19.7. The number of likely N-dealkylation sites (tertiary alicyclic amines) is 1. The third kappa shape index (κ3) is 14.9. The number of piperazine rings is 1. The van der Waals surface area contributed by atoms with Crippen molar-refractivity contribution >= 4 is 63.2 Å². The normalized spacial score (nSPS) is 17.7. The summed E-state index contributed by atoms with van der Waals surface area (Å²) < 4.78 is 17.2. The maximum Gasteiger partial charge on any atom is 0.255 e. The molecule has 6 aromatic rings. The lowest BCUT2D eigenvalue weighted by Crippen LogP contribution is -2.58. The van der Waals surface area contributed by atoms with Crippen molar-refractivity contribution in [3.8, 4) is 21.6 Å². The van der Waals surface area contributed by atoms with Gasteiger partial charge in [-0.25, -0.2) is 15.0 Å². The molecule has 0 radical (unpaired) electrons. The fraction of sp³-hybridized carbons (Fsp3) is 0.433. The van der Waals surface area contributed by atoms with Gasteiger partial charge >= 0.3 is 0 Å². The predicted octanol–water partition coefficient (Wildman–Crippen LogP) is 6.90. The quantitative estimate of drug-likeness (QED) is 0.0453. The Bertz CT molecular complexity index is 3080. The number of carbonyl (C=O) groups excluding carboxylic acids is 5. The van der Waals surface area contributed by atoms with E-state index in [2.05, 4.69) is 35.7 Å². The molecule has 3 aliphatic rings. The van der Waals surface area contributed by atoms with E-state index in [1.54, 1.807) is 27.8 Å². The molecule has 5 atom stereocenters. The lowest BCUT2D eigenvalue weighted by atomic mass is 9.85. The van der Waals surface area contributed by atoms with E-state index >= 15 is 0 Å². The fourth-order valence-corrected chi connectivity index (χ4v) is 11.7. The molecule has 0 spiro atoms. The number of amides is 5. The molecule has 9 rings (SSSR count). The number of hydrogen-bond donors (Lipinski definition) is 4. The first-order valence-electron chi connectivity index (χ1n) is 27.6. The van der Waals surface area contributed by atoms with Crippen molar-refractivity contribution in [3.05, 3.63) is 136 Å². The highest BCUT2D eigenvalue weighted by atomic mass is 32.1. The van der Waals surface area contributed by atoms with Crippen LogP contribution in [0.15, 0.2) is 108 Å². The number of aliphatic hydroxyl groups excluding tert-OH is 1. The van der Waals surface area contributed by atoms with Gasteiger partial charge in [0, 0.05) is 87.6 Å². The molecule has 2 fully saturated rings. The lowest BCUT2D eigenvalue weighted by Gasteiger charge is -2.35. The van der Waals surface area contributed by atoms with Crippen molar-refractivity contribution in [1.29, 1.82) is 0 Å². The van der Waals surface area contributed by atoms with Crippen molar-refractivity contribution in [2.75, 3.05) is 89.1 Å². The summed E-state index contributed by atoms with van der Waals surface area (Å²) in [6.07, 6.45) is 2.73. The zero-order valence-electron chi connectivity index (χ0n) is 46.5. The highest BCUT2D eigenvalue weighted by Gasteiger charge is 2.45. The summed E-state index contributed by atoms with van der Waals surface area (Å²) in [5, 5.41) is 21.7. The minimum absolute atomic E-state index is 0.0104. The highest BCUT2D eigenvalue weighted by Crippen LogP contribution is 2.36. The molecule has 3 aromatic carbocycles. The predicted molar refractivity (Wildman–Crippen MR) is 312 cm³/mol. The van der Waals surface area contributed by atoms with Crippen LogP contribution in [-0.2, 0) is 39.9 Å². The van der Waals surface area contributed by atoms with Gasteiger partial charge in [-0.2, -0.15) is 0 Å². The molecule has 4 N–H and O–H groups in total. The molecule has 3 unspecified atom stereocenters. The van der Waals surface area contributed by atoms with Crippen LogP contribution in [-0.4, -0.2) is 161 Å². The molecule has 0 bridgehead atoms. The van der Waals surface area contributed by atoms with Crippen LogP contribution in [0.5, 0.6) is 0 Å². The minimum atomic E-state index is -0.936. The van der Waals surface area contributed by atoms with E-state index in [4.69, 9.17) is 19.2 Å². The van der Waals surface area contributed by atoms with Crippen LogP contribution in [0.2, 0.25) is 0 Å². The van der Waals surface area contributed by atoms with Crippen molar-refractivity contribution < 1.29 is 43.3 Å². The van der Waals surface area contributed by atoms with E-state index in [0.717, 1.165) is 82.5 Å². The number of nitrogens with one attached hydrogen (secondary N) is 3. The third-order valence-electron chi connectivity index (χ3n) is 14.9. The number of aryl methyl sites for hydroxylation is 1. The van der Waals surface area contributed by atoms with Gasteiger partial charge < -0.3 is 44.7 Å². The number of hydrogen-bond acceptors (Lipinski definition) is 16. The third-order valence-corrected chi connectivity index (χ3v) is 16.6. The second-order valence-corrected chi connectivity index (χ2v) is 23.4. The molecule has 0 aliphatic carbocycles. The van der Waals surface area contributed by atoms with Gasteiger partial charge in [0.15, 0.2) is 5.13 Å². The SMILES string of the molecule is Cc1ncsc1-c1ccc(C(C)NC(=O)[C@@H]2C[C@@H](O)CN2C(=O)C(NC(=O)CCOCCOCCOCCN2CCN(c3ccc(-c4ccc5c(c4)C(=O)N(C(C(=O)Nc4nccs4)c4ccccc4)C5)cn3)CC2)C(C)(C)C)cc1. The molecule has 81 heavy (non-hydrogen) atoms. The number of benzene rings is 3. The zero-order chi connectivity index (χ0) is 57.0. The highest BCUT2D eigenvalue weighted by molar-refractivity contribution is 7.14. The van der Waals surface area contributed by atoms with E-state index in [1.807, 2.05) is 131 Å². The van der Waals surface area contributed by atoms with Crippen LogP contribution >= 0.6 is 22.7 Å². The number of β-amino-alcohol motifs (C(OH)–C–C–N with tert-alkyl or cyclic N) is 1. The number of aliphatic hydroxyl groups is 1. The molecular weight excluding hydrogens is 1070 g/mol. The summed E-state index contributed by atoms with van der Waals surface area (Å²) in [7, 11) is 0. The number of fused-ring (bicyclic) bond motifs is 1.